The van der Waals surface area contributed by atoms with Gasteiger partial charge in [-0.25, -0.2) is 0 Å². The van der Waals surface area contributed by atoms with E-state index < -0.39 is 0 Å². The maximum atomic E-state index is 6.53. The van der Waals surface area contributed by atoms with Crippen molar-refractivity contribution in [1.82, 2.24) is 0 Å². The first-order valence-corrected chi connectivity index (χ1v) is 9.32. The third-order valence-corrected chi connectivity index (χ3v) is 5.90. The van der Waals surface area contributed by atoms with Crippen molar-refractivity contribution >= 4 is 23.1 Å². The van der Waals surface area contributed by atoms with Crippen LogP contribution in [0.1, 0.15) is 40.8 Å². The highest BCUT2D eigenvalue weighted by Gasteiger charge is 2.20. The van der Waals surface area contributed by atoms with Gasteiger partial charge in [-0.05, 0) is 43.7 Å². The second kappa shape index (κ2) is 6.42. The molecule has 1 atom stereocenters. The van der Waals surface area contributed by atoms with Gasteiger partial charge in [0.05, 0.1) is 12.1 Å². The highest BCUT2D eigenvalue weighted by atomic mass is 32.2. The number of nitrogens with two attached hydrogens (primary N) is 1. The Hall–Kier alpha value is -0.970. The molecule has 0 fully saturated rings. The van der Waals surface area contributed by atoms with E-state index in [-0.39, 0.29) is 12.1 Å². The summed E-state index contributed by atoms with van der Waals surface area (Å²) < 4.78 is 5.91. The summed E-state index contributed by atoms with van der Waals surface area (Å²) in [5.74, 6) is 3.26. The number of aryl methyl sites for hydroxylation is 1. The Kier molecular flexibility index (Phi) is 4.57. The Balaban J connectivity index is 1.91. The molecule has 1 aromatic carbocycles. The van der Waals surface area contributed by atoms with Crippen molar-refractivity contribution in [3.05, 3.63) is 51.2 Å². The molecule has 2 N–H and O–H groups in total. The Bertz CT molecular complexity index is 598. The smallest absolute Gasteiger partial charge is 0.124 e. The van der Waals surface area contributed by atoms with Crippen LogP contribution >= 0.6 is 23.1 Å². The average molecular weight is 319 g/mol. The van der Waals surface area contributed by atoms with E-state index in [0.717, 1.165) is 17.1 Å². The van der Waals surface area contributed by atoms with E-state index in [1.807, 2.05) is 55.1 Å². The minimum atomic E-state index is -0.0967. The number of para-hydroxylation sites is 1. The molecule has 1 aliphatic rings. The Morgan fingerprint density at radius 2 is 2.05 bits per heavy atom. The molecule has 2 heterocycles. The first-order valence-electron chi connectivity index (χ1n) is 7.35. The lowest BCUT2D eigenvalue weighted by molar-refractivity contribution is 0.239. The Morgan fingerprint density at radius 3 is 2.81 bits per heavy atom. The van der Waals surface area contributed by atoms with Crippen molar-refractivity contribution in [1.29, 1.82) is 0 Å². The Labute approximate surface area is 134 Å². The van der Waals surface area contributed by atoms with Crippen LogP contribution in [-0.4, -0.2) is 11.9 Å². The quantitative estimate of drug-likeness (QED) is 0.908. The lowest BCUT2D eigenvalue weighted by atomic mass is 10.0. The Morgan fingerprint density at radius 1 is 1.24 bits per heavy atom. The molecular weight excluding hydrogens is 298 g/mol. The van der Waals surface area contributed by atoms with Crippen LogP contribution in [0.3, 0.4) is 0 Å². The zero-order valence-electron chi connectivity index (χ0n) is 12.5. The molecule has 0 saturated carbocycles. The second-order valence-electron chi connectivity index (χ2n) is 5.58. The van der Waals surface area contributed by atoms with Crippen LogP contribution in [0.15, 0.2) is 30.3 Å². The van der Waals surface area contributed by atoms with Gasteiger partial charge in [0.25, 0.3) is 0 Å². The monoisotopic (exact) mass is 319 g/mol. The van der Waals surface area contributed by atoms with Crippen molar-refractivity contribution in [3.8, 4) is 5.75 Å². The number of hydrogen-bond donors (Lipinski definition) is 1. The van der Waals surface area contributed by atoms with Crippen molar-refractivity contribution in [2.75, 3.05) is 5.75 Å². The van der Waals surface area contributed by atoms with Gasteiger partial charge >= 0.3 is 0 Å². The molecule has 112 valence electrons. The van der Waals surface area contributed by atoms with E-state index in [9.17, 15) is 0 Å². The number of hydrogen-bond acceptors (Lipinski definition) is 4. The SMILES string of the molecule is CC(C)Oc1ccccc1C(N)c1cc2c(s1)CCSC2. The standard InChI is InChI=1S/C17H21NOS2/c1-11(2)19-14-6-4-3-5-13(14)17(18)16-9-12-10-20-8-7-15(12)21-16/h3-6,9,11,17H,7-8,10,18H2,1-2H3. The first kappa shape index (κ1) is 14.9. The summed E-state index contributed by atoms with van der Waals surface area (Å²) in [5, 5.41) is 0. The fourth-order valence-corrected chi connectivity index (χ4v) is 4.97. The predicted molar refractivity (Wildman–Crippen MR) is 92.4 cm³/mol. The summed E-state index contributed by atoms with van der Waals surface area (Å²) in [5.41, 5.74) is 9.09. The maximum Gasteiger partial charge on any atom is 0.124 e. The van der Waals surface area contributed by atoms with Crippen LogP contribution in [0.5, 0.6) is 5.75 Å². The molecule has 0 bridgehead atoms. The fourth-order valence-electron chi connectivity index (χ4n) is 2.58. The second-order valence-corrected chi connectivity index (χ2v) is 7.86. The number of thiophene rings is 1. The zero-order chi connectivity index (χ0) is 14.8. The van der Waals surface area contributed by atoms with E-state index in [1.54, 1.807) is 0 Å². The summed E-state index contributed by atoms with van der Waals surface area (Å²) in [6.45, 7) is 4.09. The number of fused-ring (bicyclic) bond motifs is 1. The van der Waals surface area contributed by atoms with Gasteiger partial charge in [-0.3, -0.25) is 0 Å². The van der Waals surface area contributed by atoms with Crippen molar-refractivity contribution in [2.24, 2.45) is 5.73 Å². The predicted octanol–water partition coefficient (Wildman–Crippen LogP) is 4.37. The van der Waals surface area contributed by atoms with E-state index in [0.29, 0.717) is 0 Å². The van der Waals surface area contributed by atoms with Crippen molar-refractivity contribution < 1.29 is 4.74 Å². The molecule has 1 aliphatic heterocycles. The van der Waals surface area contributed by atoms with Gasteiger partial charge in [0, 0.05) is 21.1 Å². The van der Waals surface area contributed by atoms with Crippen LogP contribution in [0.2, 0.25) is 0 Å². The van der Waals surface area contributed by atoms with E-state index in [2.05, 4.69) is 12.1 Å². The number of ether oxygens (including phenoxy) is 1. The number of benzene rings is 1. The van der Waals surface area contributed by atoms with Crippen LogP contribution in [-0.2, 0) is 12.2 Å². The van der Waals surface area contributed by atoms with E-state index in [1.165, 1.54) is 27.5 Å². The third-order valence-electron chi connectivity index (χ3n) is 3.57. The molecule has 0 saturated heterocycles. The highest BCUT2D eigenvalue weighted by molar-refractivity contribution is 7.98. The fraction of sp³-hybridized carbons (Fsp3) is 0.412. The van der Waals surface area contributed by atoms with E-state index in [4.69, 9.17) is 10.5 Å². The molecule has 1 aromatic heterocycles. The summed E-state index contributed by atoms with van der Waals surface area (Å²) in [6, 6.07) is 10.3. The zero-order valence-corrected chi connectivity index (χ0v) is 14.1. The molecule has 0 amide bonds. The van der Waals surface area contributed by atoms with Gasteiger partial charge in [-0.1, -0.05) is 18.2 Å². The molecule has 1 unspecified atom stereocenters. The lowest BCUT2D eigenvalue weighted by Crippen LogP contribution is -2.14. The highest BCUT2D eigenvalue weighted by Crippen LogP contribution is 2.37. The van der Waals surface area contributed by atoms with Crippen LogP contribution < -0.4 is 10.5 Å². The largest absolute Gasteiger partial charge is 0.491 e. The van der Waals surface area contributed by atoms with Gasteiger partial charge < -0.3 is 10.5 Å². The summed E-state index contributed by atoms with van der Waals surface area (Å²) >= 11 is 3.88. The van der Waals surface area contributed by atoms with Crippen molar-refractivity contribution in [3.63, 3.8) is 0 Å². The lowest BCUT2D eigenvalue weighted by Gasteiger charge is -2.18. The number of rotatable bonds is 4. The molecule has 4 heteroatoms. The van der Waals surface area contributed by atoms with Gasteiger partial charge in [0.1, 0.15) is 5.75 Å². The average Bonchev–Trinajstić information content (AvgIpc) is 2.90. The van der Waals surface area contributed by atoms with Crippen molar-refractivity contribution in [2.45, 2.75) is 38.2 Å². The van der Waals surface area contributed by atoms with Gasteiger partial charge in [-0.2, -0.15) is 11.8 Å². The molecule has 0 aliphatic carbocycles. The minimum absolute atomic E-state index is 0.0967. The summed E-state index contributed by atoms with van der Waals surface area (Å²) in [6.07, 6.45) is 1.34. The maximum absolute atomic E-state index is 6.53. The number of thioether (sulfide) groups is 1. The third kappa shape index (κ3) is 3.28. The molecular formula is C17H21NOS2. The topological polar surface area (TPSA) is 35.2 Å². The summed E-state index contributed by atoms with van der Waals surface area (Å²) in [7, 11) is 0. The minimum Gasteiger partial charge on any atom is -0.491 e. The molecule has 0 radical (unpaired) electrons. The first-order chi connectivity index (χ1) is 10.1. The van der Waals surface area contributed by atoms with Gasteiger partial charge in [0.15, 0.2) is 0 Å². The molecule has 3 rings (SSSR count). The van der Waals surface area contributed by atoms with Crippen LogP contribution in [0.4, 0.5) is 0 Å². The van der Waals surface area contributed by atoms with Crippen LogP contribution in [0.25, 0.3) is 0 Å². The molecule has 0 spiro atoms. The molecule has 2 aromatic rings. The molecule has 2 nitrogen and oxygen atoms in total. The normalized spacial score (nSPS) is 15.8. The van der Waals surface area contributed by atoms with Gasteiger partial charge in [0.2, 0.25) is 0 Å². The van der Waals surface area contributed by atoms with Gasteiger partial charge in [-0.15, -0.1) is 11.3 Å². The summed E-state index contributed by atoms with van der Waals surface area (Å²) in [4.78, 5) is 2.77. The molecule has 21 heavy (non-hydrogen) atoms. The van der Waals surface area contributed by atoms with E-state index >= 15 is 0 Å². The van der Waals surface area contributed by atoms with Crippen LogP contribution in [0, 0.1) is 0 Å².